The minimum Gasteiger partial charge on any atom is -0.491 e. The van der Waals surface area contributed by atoms with Crippen molar-refractivity contribution in [3.05, 3.63) is 42.2 Å². The molecular weight excluding hydrogens is 308 g/mol. The molecule has 1 aliphatic rings. The van der Waals surface area contributed by atoms with Crippen LogP contribution in [-0.2, 0) is 6.54 Å². The Morgan fingerprint density at radius 3 is 2.91 bits per heavy atom. The summed E-state index contributed by atoms with van der Waals surface area (Å²) in [5.74, 6) is 0.944. The van der Waals surface area contributed by atoms with Gasteiger partial charge < -0.3 is 9.72 Å². The van der Waals surface area contributed by atoms with Crippen LogP contribution in [0.1, 0.15) is 25.8 Å². The predicted molar refractivity (Wildman–Crippen MR) is 93.5 cm³/mol. The number of ether oxygens (including phenoxy) is 1. The van der Waals surface area contributed by atoms with Crippen LogP contribution in [0.3, 0.4) is 0 Å². The molecule has 1 aliphatic heterocycles. The van der Waals surface area contributed by atoms with E-state index in [0.717, 1.165) is 30.5 Å². The Hall–Kier alpha value is -1.50. The number of aromatic amines is 1. The average molecular weight is 332 g/mol. The van der Waals surface area contributed by atoms with Gasteiger partial charge in [0.2, 0.25) is 0 Å². The zero-order valence-corrected chi connectivity index (χ0v) is 14.5. The van der Waals surface area contributed by atoms with Crippen LogP contribution in [0.15, 0.2) is 41.8 Å². The van der Waals surface area contributed by atoms with E-state index in [2.05, 4.69) is 43.9 Å². The summed E-state index contributed by atoms with van der Waals surface area (Å²) in [6.07, 6.45) is 5.01. The number of benzene rings is 1. The number of imidazole rings is 1. The monoisotopic (exact) mass is 332 g/mol. The topological polar surface area (TPSA) is 53.2 Å². The second-order valence-corrected chi connectivity index (χ2v) is 6.97. The molecule has 2 aromatic rings. The molecule has 1 aromatic carbocycles. The minimum atomic E-state index is 0.220. The lowest BCUT2D eigenvalue weighted by Crippen LogP contribution is -2.28. The summed E-state index contributed by atoms with van der Waals surface area (Å²) >= 11 is 1.58. The van der Waals surface area contributed by atoms with Gasteiger partial charge in [-0.15, -0.1) is 0 Å². The Morgan fingerprint density at radius 1 is 1.39 bits per heavy atom. The Balaban J connectivity index is 1.44. The van der Waals surface area contributed by atoms with Gasteiger partial charge in [-0.2, -0.15) is 0 Å². The summed E-state index contributed by atoms with van der Waals surface area (Å²) in [7, 11) is 0. The molecule has 0 aliphatic carbocycles. The molecule has 0 bridgehead atoms. The summed E-state index contributed by atoms with van der Waals surface area (Å²) in [5.41, 5.74) is 1.33. The van der Waals surface area contributed by atoms with E-state index in [1.54, 1.807) is 18.1 Å². The molecule has 124 valence electrons. The maximum absolute atomic E-state index is 5.69. The largest absolute Gasteiger partial charge is 0.491 e. The molecule has 3 rings (SSSR count). The van der Waals surface area contributed by atoms with Crippen molar-refractivity contribution >= 4 is 11.9 Å². The van der Waals surface area contributed by atoms with E-state index in [4.69, 9.17) is 4.74 Å². The number of nitrogens with zero attached hydrogens (tertiary/aromatic N) is 2. The third kappa shape index (κ3) is 4.99. The van der Waals surface area contributed by atoms with Gasteiger partial charge >= 0.3 is 0 Å². The van der Waals surface area contributed by atoms with Crippen molar-refractivity contribution in [1.29, 1.82) is 0 Å². The maximum Gasteiger partial charge on any atom is 0.180 e. The molecule has 2 N–H and O–H groups in total. The first-order chi connectivity index (χ1) is 11.2. The Morgan fingerprint density at radius 2 is 2.22 bits per heavy atom. The quantitative estimate of drug-likeness (QED) is 0.763. The Bertz CT molecular complexity index is 585. The highest BCUT2D eigenvalue weighted by Gasteiger charge is 2.22. The standard InChI is InChI=1S/C17H24N4OS/c1-13(2)22-16-5-3-14(4-6-16)11-21-10-7-15(12-21)20-23-17-18-8-9-19-17/h3-6,8-9,13,15,20H,7,10-12H2,1-2H3,(H,18,19). The average Bonchev–Trinajstić information content (AvgIpc) is 3.18. The summed E-state index contributed by atoms with van der Waals surface area (Å²) in [4.78, 5) is 9.79. The van der Waals surface area contributed by atoms with E-state index in [0.29, 0.717) is 6.04 Å². The Kier molecular flexibility index (Phi) is 5.59. The fraction of sp³-hybridized carbons (Fsp3) is 0.471. The van der Waals surface area contributed by atoms with Crippen LogP contribution >= 0.6 is 11.9 Å². The molecule has 23 heavy (non-hydrogen) atoms. The number of aromatic nitrogens is 2. The van der Waals surface area contributed by atoms with E-state index in [1.807, 2.05) is 20.0 Å². The van der Waals surface area contributed by atoms with Crippen molar-refractivity contribution in [2.75, 3.05) is 13.1 Å². The molecule has 0 amide bonds. The molecule has 6 heteroatoms. The maximum atomic E-state index is 5.69. The summed E-state index contributed by atoms with van der Waals surface area (Å²) in [5, 5.41) is 0.921. The van der Waals surface area contributed by atoms with Crippen LogP contribution in [0.25, 0.3) is 0 Å². The first-order valence-corrected chi connectivity index (χ1v) is 8.90. The van der Waals surface area contributed by atoms with Gasteiger partial charge in [0.25, 0.3) is 0 Å². The highest BCUT2D eigenvalue weighted by atomic mass is 32.2. The zero-order chi connectivity index (χ0) is 16.1. The molecule has 5 nitrogen and oxygen atoms in total. The van der Waals surface area contributed by atoms with Gasteiger partial charge in [0.1, 0.15) is 5.75 Å². The SMILES string of the molecule is CC(C)Oc1ccc(CN2CCC(NSc3ncc[nH]3)C2)cc1. The van der Waals surface area contributed by atoms with E-state index >= 15 is 0 Å². The van der Waals surface area contributed by atoms with E-state index in [1.165, 1.54) is 12.0 Å². The molecule has 1 atom stereocenters. The highest BCUT2D eigenvalue weighted by Crippen LogP contribution is 2.19. The van der Waals surface area contributed by atoms with Gasteiger partial charge in [0.05, 0.1) is 6.10 Å². The molecule has 1 unspecified atom stereocenters. The van der Waals surface area contributed by atoms with Gasteiger partial charge in [0, 0.05) is 38.1 Å². The van der Waals surface area contributed by atoms with Gasteiger partial charge in [0.15, 0.2) is 5.16 Å². The van der Waals surface area contributed by atoms with E-state index in [-0.39, 0.29) is 6.10 Å². The van der Waals surface area contributed by atoms with Crippen LogP contribution in [-0.4, -0.2) is 40.1 Å². The van der Waals surface area contributed by atoms with Crippen LogP contribution in [0.4, 0.5) is 0 Å². The molecule has 1 saturated heterocycles. The van der Waals surface area contributed by atoms with Crippen molar-refractivity contribution in [1.82, 2.24) is 19.6 Å². The normalized spacial score (nSPS) is 18.7. The number of rotatable bonds is 7. The van der Waals surface area contributed by atoms with Crippen LogP contribution in [0.2, 0.25) is 0 Å². The number of H-pyrrole nitrogens is 1. The fourth-order valence-electron chi connectivity index (χ4n) is 2.72. The third-order valence-electron chi connectivity index (χ3n) is 3.77. The van der Waals surface area contributed by atoms with Gasteiger partial charge in [-0.1, -0.05) is 12.1 Å². The smallest absolute Gasteiger partial charge is 0.180 e. The summed E-state index contributed by atoms with van der Waals surface area (Å²) in [6.45, 7) is 7.28. The lowest BCUT2D eigenvalue weighted by molar-refractivity contribution is 0.242. The molecule has 0 saturated carbocycles. The molecular formula is C17H24N4OS. The zero-order valence-electron chi connectivity index (χ0n) is 13.7. The third-order valence-corrected chi connectivity index (χ3v) is 4.64. The van der Waals surface area contributed by atoms with Crippen molar-refractivity contribution in [2.45, 2.75) is 44.1 Å². The van der Waals surface area contributed by atoms with Gasteiger partial charge in [-0.05, 0) is 49.9 Å². The molecule has 1 fully saturated rings. The lowest BCUT2D eigenvalue weighted by atomic mass is 10.2. The molecule has 0 spiro atoms. The summed E-state index contributed by atoms with van der Waals surface area (Å²) < 4.78 is 9.18. The second kappa shape index (κ2) is 7.86. The summed E-state index contributed by atoms with van der Waals surface area (Å²) in [6, 6.07) is 8.96. The highest BCUT2D eigenvalue weighted by molar-refractivity contribution is 7.97. The first kappa shape index (κ1) is 16.4. The number of nitrogens with one attached hydrogen (secondary N) is 2. The van der Waals surface area contributed by atoms with E-state index in [9.17, 15) is 0 Å². The number of hydrogen-bond acceptors (Lipinski definition) is 5. The molecule has 2 heterocycles. The van der Waals surface area contributed by atoms with Gasteiger partial charge in [-0.3, -0.25) is 9.62 Å². The van der Waals surface area contributed by atoms with Crippen molar-refractivity contribution in [3.8, 4) is 5.75 Å². The minimum absolute atomic E-state index is 0.220. The van der Waals surface area contributed by atoms with Crippen molar-refractivity contribution in [3.63, 3.8) is 0 Å². The predicted octanol–water partition coefficient (Wildman–Crippen LogP) is 3.07. The fourth-order valence-corrected chi connectivity index (χ4v) is 3.43. The van der Waals surface area contributed by atoms with Crippen LogP contribution in [0, 0.1) is 0 Å². The van der Waals surface area contributed by atoms with Crippen molar-refractivity contribution in [2.24, 2.45) is 0 Å². The first-order valence-electron chi connectivity index (χ1n) is 8.09. The van der Waals surface area contributed by atoms with Gasteiger partial charge in [-0.25, -0.2) is 4.98 Å². The number of hydrogen-bond donors (Lipinski definition) is 2. The van der Waals surface area contributed by atoms with Crippen LogP contribution in [0.5, 0.6) is 5.75 Å². The lowest BCUT2D eigenvalue weighted by Gasteiger charge is -2.17. The van der Waals surface area contributed by atoms with Crippen LogP contribution < -0.4 is 9.46 Å². The Labute approximate surface area is 142 Å². The van der Waals surface area contributed by atoms with E-state index < -0.39 is 0 Å². The second-order valence-electron chi connectivity index (χ2n) is 6.15. The number of likely N-dealkylation sites (tertiary alicyclic amines) is 1. The molecule has 1 aromatic heterocycles. The molecule has 0 radical (unpaired) electrons. The van der Waals surface area contributed by atoms with Crippen molar-refractivity contribution < 1.29 is 4.74 Å².